The average Bonchev–Trinajstić information content (AvgIpc) is 2.65. The number of nitrogens with one attached hydrogen (secondary N) is 1. The maximum absolute atomic E-state index is 12.1. The lowest BCUT2D eigenvalue weighted by Gasteiger charge is -2.14. The van der Waals surface area contributed by atoms with Gasteiger partial charge < -0.3 is 19.5 Å². The molecule has 6 heteroatoms. The Balaban J connectivity index is 1.98. The molecule has 0 bridgehead atoms. The van der Waals surface area contributed by atoms with Crippen molar-refractivity contribution in [3.8, 4) is 11.5 Å². The topological polar surface area (TPSA) is 73.9 Å². The zero-order valence-electron chi connectivity index (χ0n) is 15.4. The number of carbonyl (C=O) groups is 2. The molecule has 6 nitrogen and oxygen atoms in total. The third-order valence-corrected chi connectivity index (χ3v) is 3.81. The minimum absolute atomic E-state index is 0.265. The van der Waals surface area contributed by atoms with Gasteiger partial charge in [-0.15, -0.1) is 0 Å². The molecule has 2 rings (SSSR count). The summed E-state index contributed by atoms with van der Waals surface area (Å²) < 4.78 is 15.4. The average molecular weight is 357 g/mol. The Morgan fingerprint density at radius 3 is 2.35 bits per heavy atom. The fourth-order valence-corrected chi connectivity index (χ4v) is 2.48. The quantitative estimate of drug-likeness (QED) is 0.766. The molecule has 2 aromatic rings. The number of hydrogen-bond donors (Lipinski definition) is 1. The number of benzene rings is 2. The van der Waals surface area contributed by atoms with Gasteiger partial charge in [-0.05, 0) is 35.7 Å². The number of anilines is 1. The van der Waals surface area contributed by atoms with Crippen molar-refractivity contribution in [2.24, 2.45) is 0 Å². The smallest absolute Gasteiger partial charge is 0.338 e. The van der Waals surface area contributed by atoms with Crippen LogP contribution in [0.1, 0.15) is 35.7 Å². The molecule has 0 atom stereocenters. The Kier molecular flexibility index (Phi) is 6.60. The third kappa shape index (κ3) is 4.75. The van der Waals surface area contributed by atoms with Gasteiger partial charge in [-0.1, -0.05) is 32.0 Å². The highest BCUT2D eigenvalue weighted by molar-refractivity contribution is 5.96. The van der Waals surface area contributed by atoms with E-state index in [-0.39, 0.29) is 18.1 Å². The van der Waals surface area contributed by atoms with Gasteiger partial charge in [0.15, 0.2) is 18.1 Å². The van der Waals surface area contributed by atoms with Crippen LogP contribution in [-0.2, 0) is 9.53 Å². The van der Waals surface area contributed by atoms with Crippen LogP contribution in [0.15, 0.2) is 42.5 Å². The second kappa shape index (κ2) is 8.89. The van der Waals surface area contributed by atoms with Crippen LogP contribution in [0.2, 0.25) is 0 Å². The van der Waals surface area contributed by atoms with E-state index in [9.17, 15) is 9.59 Å². The van der Waals surface area contributed by atoms with Crippen LogP contribution >= 0.6 is 0 Å². The number of para-hydroxylation sites is 1. The summed E-state index contributed by atoms with van der Waals surface area (Å²) in [6.45, 7) is 3.71. The zero-order valence-corrected chi connectivity index (χ0v) is 15.4. The Hall–Kier alpha value is -3.02. The molecule has 0 spiro atoms. The molecular formula is C20H23NO5. The second-order valence-electron chi connectivity index (χ2n) is 5.94. The van der Waals surface area contributed by atoms with Gasteiger partial charge >= 0.3 is 5.97 Å². The molecule has 2 aromatic carbocycles. The van der Waals surface area contributed by atoms with Crippen molar-refractivity contribution >= 4 is 17.6 Å². The first-order chi connectivity index (χ1) is 12.5. The van der Waals surface area contributed by atoms with Gasteiger partial charge in [0, 0.05) is 5.69 Å². The molecule has 0 heterocycles. The molecule has 0 aliphatic heterocycles. The van der Waals surface area contributed by atoms with Crippen molar-refractivity contribution < 1.29 is 23.8 Å². The maximum Gasteiger partial charge on any atom is 0.338 e. The van der Waals surface area contributed by atoms with E-state index in [0.29, 0.717) is 11.5 Å². The van der Waals surface area contributed by atoms with Gasteiger partial charge in [-0.25, -0.2) is 4.79 Å². The number of esters is 1. The molecule has 0 aliphatic carbocycles. The molecule has 138 valence electrons. The van der Waals surface area contributed by atoms with E-state index in [0.717, 1.165) is 11.3 Å². The summed E-state index contributed by atoms with van der Waals surface area (Å²) in [6, 6.07) is 12.2. The van der Waals surface area contributed by atoms with E-state index in [1.165, 1.54) is 20.3 Å². The summed E-state index contributed by atoms with van der Waals surface area (Å²) in [7, 11) is 2.99. The standard InChI is InChI=1S/C20H23NO5/c1-13(2)15-7-5-6-8-16(15)21-19(22)12-26-20(23)14-9-10-17(24-3)18(11-14)25-4/h5-11,13H,12H2,1-4H3,(H,21,22). The molecule has 0 aliphatic rings. The van der Waals surface area contributed by atoms with Gasteiger partial charge in [0.05, 0.1) is 19.8 Å². The van der Waals surface area contributed by atoms with Crippen LogP contribution in [0.5, 0.6) is 11.5 Å². The van der Waals surface area contributed by atoms with Crippen LogP contribution in [0.3, 0.4) is 0 Å². The Bertz CT molecular complexity index is 786. The van der Waals surface area contributed by atoms with Gasteiger partial charge in [-0.2, -0.15) is 0 Å². The van der Waals surface area contributed by atoms with E-state index in [2.05, 4.69) is 5.32 Å². The normalized spacial score (nSPS) is 10.3. The first-order valence-corrected chi connectivity index (χ1v) is 8.24. The number of hydrogen-bond acceptors (Lipinski definition) is 5. The third-order valence-electron chi connectivity index (χ3n) is 3.81. The molecule has 0 fully saturated rings. The first kappa shape index (κ1) is 19.3. The minimum Gasteiger partial charge on any atom is -0.493 e. The molecule has 1 N–H and O–H groups in total. The molecule has 0 unspecified atom stereocenters. The highest BCUT2D eigenvalue weighted by Crippen LogP contribution is 2.28. The fourth-order valence-electron chi connectivity index (χ4n) is 2.48. The predicted octanol–water partition coefficient (Wildman–Crippen LogP) is 3.62. The van der Waals surface area contributed by atoms with Crippen molar-refractivity contribution in [3.05, 3.63) is 53.6 Å². The number of ether oxygens (including phenoxy) is 3. The summed E-state index contributed by atoms with van der Waals surface area (Å²) in [4.78, 5) is 24.3. The Labute approximate surface area is 153 Å². The summed E-state index contributed by atoms with van der Waals surface area (Å²) in [5, 5.41) is 2.78. The fraction of sp³-hybridized carbons (Fsp3) is 0.300. The van der Waals surface area contributed by atoms with Crippen molar-refractivity contribution in [3.63, 3.8) is 0 Å². The van der Waals surface area contributed by atoms with Crippen LogP contribution in [0, 0.1) is 0 Å². The lowest BCUT2D eigenvalue weighted by Crippen LogP contribution is -2.21. The van der Waals surface area contributed by atoms with E-state index in [1.807, 2.05) is 38.1 Å². The van der Waals surface area contributed by atoms with E-state index in [1.54, 1.807) is 12.1 Å². The molecule has 0 radical (unpaired) electrons. The summed E-state index contributed by atoms with van der Waals surface area (Å²) in [5.41, 5.74) is 2.01. The second-order valence-corrected chi connectivity index (χ2v) is 5.94. The predicted molar refractivity (Wildman–Crippen MR) is 99.0 cm³/mol. The maximum atomic E-state index is 12.1. The first-order valence-electron chi connectivity index (χ1n) is 8.24. The summed E-state index contributed by atoms with van der Waals surface area (Å²) in [6.07, 6.45) is 0. The van der Waals surface area contributed by atoms with Crippen LogP contribution in [0.25, 0.3) is 0 Å². The molecule has 1 amide bonds. The molecular weight excluding hydrogens is 334 g/mol. The van der Waals surface area contributed by atoms with Gasteiger partial charge in [-0.3, -0.25) is 4.79 Å². The van der Waals surface area contributed by atoms with Crippen LogP contribution in [-0.4, -0.2) is 32.7 Å². The number of rotatable bonds is 7. The highest BCUT2D eigenvalue weighted by Gasteiger charge is 2.15. The van der Waals surface area contributed by atoms with E-state index >= 15 is 0 Å². The summed E-state index contributed by atoms with van der Waals surface area (Å²) in [5.74, 6) is 0.176. The molecule has 0 saturated carbocycles. The summed E-state index contributed by atoms with van der Waals surface area (Å²) >= 11 is 0. The van der Waals surface area contributed by atoms with Gasteiger partial charge in [0.1, 0.15) is 0 Å². The van der Waals surface area contributed by atoms with Crippen LogP contribution < -0.4 is 14.8 Å². The van der Waals surface area contributed by atoms with E-state index in [4.69, 9.17) is 14.2 Å². The largest absolute Gasteiger partial charge is 0.493 e. The lowest BCUT2D eigenvalue weighted by atomic mass is 10.0. The molecule has 0 aromatic heterocycles. The van der Waals surface area contributed by atoms with Crippen molar-refractivity contribution in [1.82, 2.24) is 0 Å². The Morgan fingerprint density at radius 2 is 1.69 bits per heavy atom. The molecule has 26 heavy (non-hydrogen) atoms. The Morgan fingerprint density at radius 1 is 1.00 bits per heavy atom. The lowest BCUT2D eigenvalue weighted by molar-refractivity contribution is -0.119. The van der Waals surface area contributed by atoms with Crippen molar-refractivity contribution in [2.45, 2.75) is 19.8 Å². The number of methoxy groups -OCH3 is 2. The van der Waals surface area contributed by atoms with Crippen molar-refractivity contribution in [2.75, 3.05) is 26.1 Å². The SMILES string of the molecule is COc1ccc(C(=O)OCC(=O)Nc2ccccc2C(C)C)cc1OC. The zero-order chi connectivity index (χ0) is 19.1. The van der Waals surface area contributed by atoms with Crippen molar-refractivity contribution in [1.29, 1.82) is 0 Å². The monoisotopic (exact) mass is 357 g/mol. The number of amides is 1. The van der Waals surface area contributed by atoms with Crippen LogP contribution in [0.4, 0.5) is 5.69 Å². The van der Waals surface area contributed by atoms with Gasteiger partial charge in [0.25, 0.3) is 5.91 Å². The highest BCUT2D eigenvalue weighted by atomic mass is 16.5. The van der Waals surface area contributed by atoms with E-state index < -0.39 is 11.9 Å². The minimum atomic E-state index is -0.613. The van der Waals surface area contributed by atoms with Gasteiger partial charge in [0.2, 0.25) is 0 Å². The molecule has 0 saturated heterocycles. The number of carbonyl (C=O) groups excluding carboxylic acids is 2.